The van der Waals surface area contributed by atoms with Gasteiger partial charge in [0.1, 0.15) is 0 Å². The molecule has 0 fully saturated rings. The predicted molar refractivity (Wildman–Crippen MR) is 127 cm³/mol. The van der Waals surface area contributed by atoms with Gasteiger partial charge in [0, 0.05) is 36.6 Å². The number of aromatic nitrogens is 4. The van der Waals surface area contributed by atoms with Crippen LogP contribution in [0.1, 0.15) is 34.6 Å². The van der Waals surface area contributed by atoms with Crippen molar-refractivity contribution < 1.29 is 14.3 Å². The summed E-state index contributed by atoms with van der Waals surface area (Å²) >= 11 is 3.38. The first-order chi connectivity index (χ1) is 16.0. The molecule has 9 heteroatoms. The number of hydrogen-bond acceptors (Lipinski definition) is 6. The van der Waals surface area contributed by atoms with Crippen LogP contribution < -0.4 is 9.47 Å². The number of hydrogen-bond donors (Lipinski definition) is 0. The number of methoxy groups -OCH3 is 2. The maximum Gasteiger partial charge on any atom is 0.274 e. The topological polar surface area (TPSA) is 81.9 Å². The van der Waals surface area contributed by atoms with E-state index in [1.165, 1.54) is 5.56 Å². The van der Waals surface area contributed by atoms with Gasteiger partial charge < -0.3 is 14.4 Å². The van der Waals surface area contributed by atoms with Gasteiger partial charge in [0.15, 0.2) is 11.3 Å². The molecule has 1 aliphatic rings. The lowest BCUT2D eigenvalue weighted by Gasteiger charge is -2.35. The van der Waals surface area contributed by atoms with Crippen molar-refractivity contribution in [2.24, 2.45) is 0 Å². The van der Waals surface area contributed by atoms with Gasteiger partial charge in [0.25, 0.3) is 5.91 Å². The monoisotopic (exact) mass is 507 g/mol. The molecule has 8 nitrogen and oxygen atoms in total. The van der Waals surface area contributed by atoms with Crippen LogP contribution in [0.2, 0.25) is 0 Å². The fourth-order valence-electron chi connectivity index (χ4n) is 4.30. The average molecular weight is 508 g/mol. The lowest BCUT2D eigenvalue weighted by molar-refractivity contribution is 0.0671. The van der Waals surface area contributed by atoms with Crippen LogP contribution in [0, 0.1) is 0 Å². The van der Waals surface area contributed by atoms with Gasteiger partial charge in [-0.2, -0.15) is 10.1 Å². The largest absolute Gasteiger partial charge is 0.481 e. The average Bonchev–Trinajstić information content (AvgIpc) is 3.26. The van der Waals surface area contributed by atoms with Gasteiger partial charge in [-0.15, -0.1) is 0 Å². The first kappa shape index (κ1) is 21.4. The van der Waals surface area contributed by atoms with E-state index in [2.05, 4.69) is 50.1 Å². The van der Waals surface area contributed by atoms with E-state index in [0.717, 1.165) is 27.6 Å². The molecule has 1 aromatic carbocycles. The van der Waals surface area contributed by atoms with Gasteiger partial charge in [-0.05, 0) is 52.0 Å². The third-order valence-corrected chi connectivity index (χ3v) is 6.40. The summed E-state index contributed by atoms with van der Waals surface area (Å²) in [5, 5.41) is 4.43. The zero-order valence-corrected chi connectivity index (χ0v) is 20.0. The second-order valence-corrected chi connectivity index (χ2v) is 8.77. The maximum atomic E-state index is 13.3. The number of amides is 1. The Morgan fingerprint density at radius 1 is 1.15 bits per heavy atom. The molecule has 1 unspecified atom stereocenters. The maximum absolute atomic E-state index is 13.3. The molecular formula is C24H22BrN5O3. The van der Waals surface area contributed by atoms with Crippen LogP contribution in [0.15, 0.2) is 53.3 Å². The lowest BCUT2D eigenvalue weighted by atomic mass is 9.90. The van der Waals surface area contributed by atoms with Gasteiger partial charge in [0.2, 0.25) is 11.8 Å². The van der Waals surface area contributed by atoms with Crippen LogP contribution in [0.5, 0.6) is 11.8 Å². The molecule has 0 aliphatic carbocycles. The fourth-order valence-corrected chi connectivity index (χ4v) is 4.59. The summed E-state index contributed by atoms with van der Waals surface area (Å²) in [5.41, 5.74) is 5.28. The van der Waals surface area contributed by atoms with E-state index in [9.17, 15) is 4.79 Å². The number of rotatable bonds is 4. The Kier molecular flexibility index (Phi) is 5.49. The zero-order valence-electron chi connectivity index (χ0n) is 18.4. The number of ether oxygens (including phenoxy) is 2. The van der Waals surface area contributed by atoms with Crippen molar-refractivity contribution in [2.75, 3.05) is 20.8 Å². The molecule has 0 spiro atoms. The Balaban J connectivity index is 1.43. The van der Waals surface area contributed by atoms with Crippen LogP contribution >= 0.6 is 15.9 Å². The highest BCUT2D eigenvalue weighted by atomic mass is 79.9. The zero-order chi connectivity index (χ0) is 23.1. The van der Waals surface area contributed by atoms with Crippen molar-refractivity contribution >= 4 is 27.5 Å². The predicted octanol–water partition coefficient (Wildman–Crippen LogP) is 4.33. The minimum absolute atomic E-state index is 0.0734. The molecule has 4 heterocycles. The van der Waals surface area contributed by atoms with Gasteiger partial charge in [0.05, 0.1) is 24.7 Å². The van der Waals surface area contributed by atoms with E-state index >= 15 is 0 Å². The minimum Gasteiger partial charge on any atom is -0.481 e. The lowest BCUT2D eigenvalue weighted by Crippen LogP contribution is -2.39. The summed E-state index contributed by atoms with van der Waals surface area (Å²) in [7, 11) is 3.18. The van der Waals surface area contributed by atoms with Crippen molar-refractivity contribution in [2.45, 2.75) is 19.4 Å². The normalized spacial score (nSPS) is 15.4. The Labute approximate surface area is 199 Å². The molecule has 0 saturated carbocycles. The summed E-state index contributed by atoms with van der Waals surface area (Å²) < 4.78 is 13.1. The number of halogens is 1. The van der Waals surface area contributed by atoms with Crippen molar-refractivity contribution in [3.05, 3.63) is 70.1 Å². The van der Waals surface area contributed by atoms with E-state index in [0.29, 0.717) is 29.6 Å². The molecule has 5 rings (SSSR count). The molecule has 3 aromatic heterocycles. The Morgan fingerprint density at radius 2 is 2.00 bits per heavy atom. The standard InChI is InChI=1S/C24H22BrN5O3/c1-14-18-5-4-15(19-6-7-22(32-2)27-23(19)33-3)10-16(18)8-9-29(14)24(31)20-11-21-26-12-17(25)13-30(21)28-20/h4-7,10-14H,8-9H2,1-3H3. The van der Waals surface area contributed by atoms with Crippen molar-refractivity contribution in [3.63, 3.8) is 0 Å². The number of pyridine rings is 1. The van der Waals surface area contributed by atoms with E-state index in [-0.39, 0.29) is 11.9 Å². The molecule has 0 saturated heterocycles. The van der Waals surface area contributed by atoms with Crippen molar-refractivity contribution in [3.8, 4) is 22.9 Å². The Hall–Kier alpha value is -3.46. The fraction of sp³-hybridized carbons (Fsp3) is 0.250. The summed E-state index contributed by atoms with van der Waals surface area (Å²) in [5.74, 6) is 0.924. The molecule has 1 aliphatic heterocycles. The van der Waals surface area contributed by atoms with Crippen LogP contribution in [0.3, 0.4) is 0 Å². The third kappa shape index (κ3) is 3.82. The highest BCUT2D eigenvalue weighted by Crippen LogP contribution is 2.36. The van der Waals surface area contributed by atoms with Gasteiger partial charge in [-0.3, -0.25) is 4.79 Å². The highest BCUT2D eigenvalue weighted by molar-refractivity contribution is 9.10. The number of carbonyl (C=O) groups excluding carboxylic acids is 1. The highest BCUT2D eigenvalue weighted by Gasteiger charge is 2.30. The van der Waals surface area contributed by atoms with Gasteiger partial charge in [-0.25, -0.2) is 9.50 Å². The Bertz CT molecular complexity index is 1370. The molecule has 1 atom stereocenters. The molecule has 0 N–H and O–H groups in total. The van der Waals surface area contributed by atoms with Crippen molar-refractivity contribution in [1.29, 1.82) is 0 Å². The quantitative estimate of drug-likeness (QED) is 0.408. The van der Waals surface area contributed by atoms with Crippen LogP contribution in [0.4, 0.5) is 0 Å². The molecular weight excluding hydrogens is 486 g/mol. The molecule has 0 radical (unpaired) electrons. The van der Waals surface area contributed by atoms with Gasteiger partial charge >= 0.3 is 0 Å². The smallest absolute Gasteiger partial charge is 0.274 e. The minimum atomic E-state index is -0.0973. The summed E-state index contributed by atoms with van der Waals surface area (Å²) in [4.78, 5) is 23.8. The van der Waals surface area contributed by atoms with Crippen molar-refractivity contribution in [1.82, 2.24) is 24.5 Å². The van der Waals surface area contributed by atoms with Crippen LogP contribution in [0.25, 0.3) is 16.8 Å². The molecule has 1 amide bonds. The molecule has 4 aromatic rings. The van der Waals surface area contributed by atoms with E-state index < -0.39 is 0 Å². The number of benzene rings is 1. The first-order valence-electron chi connectivity index (χ1n) is 10.5. The molecule has 168 valence electrons. The second kappa shape index (κ2) is 8.47. The third-order valence-electron chi connectivity index (χ3n) is 5.99. The summed E-state index contributed by atoms with van der Waals surface area (Å²) in [6, 6.07) is 11.7. The van der Waals surface area contributed by atoms with E-state index in [4.69, 9.17) is 9.47 Å². The number of fused-ring (bicyclic) bond motifs is 2. The first-order valence-corrected chi connectivity index (χ1v) is 11.3. The molecule has 33 heavy (non-hydrogen) atoms. The summed E-state index contributed by atoms with van der Waals surface area (Å²) in [6.07, 6.45) is 4.23. The summed E-state index contributed by atoms with van der Waals surface area (Å²) in [6.45, 7) is 2.66. The van der Waals surface area contributed by atoms with E-state index in [1.54, 1.807) is 37.2 Å². The van der Waals surface area contributed by atoms with E-state index in [1.807, 2.05) is 23.1 Å². The SMILES string of the molecule is COc1ccc(-c2ccc3c(c2)CCN(C(=O)c2cc4ncc(Br)cn4n2)C3C)c(OC)n1. The number of nitrogens with zero attached hydrogens (tertiary/aromatic N) is 5. The second-order valence-electron chi connectivity index (χ2n) is 7.85. The Morgan fingerprint density at radius 3 is 2.79 bits per heavy atom. The van der Waals surface area contributed by atoms with Crippen LogP contribution in [-0.2, 0) is 6.42 Å². The van der Waals surface area contributed by atoms with Crippen LogP contribution in [-0.4, -0.2) is 51.2 Å². The molecule has 0 bridgehead atoms. The number of carbonyl (C=O) groups is 1. The van der Waals surface area contributed by atoms with Gasteiger partial charge in [-0.1, -0.05) is 18.2 Å².